The molecule has 2 N–H and O–H groups in total. The average Bonchev–Trinajstić information content (AvgIpc) is 2.56. The summed E-state index contributed by atoms with van der Waals surface area (Å²) in [5, 5.41) is 5.74. The summed E-state index contributed by atoms with van der Waals surface area (Å²) >= 11 is 0. The van der Waals surface area contributed by atoms with Crippen LogP contribution >= 0.6 is 0 Å². The van der Waals surface area contributed by atoms with E-state index in [-0.39, 0.29) is 24.3 Å². The number of hydrogen-bond donors (Lipinski definition) is 2. The second-order valence-electron chi connectivity index (χ2n) is 7.83. The highest BCUT2D eigenvalue weighted by molar-refractivity contribution is 5.88. The van der Waals surface area contributed by atoms with Gasteiger partial charge in [0.2, 0.25) is 11.8 Å². The number of nitrogens with zero attached hydrogens (tertiary/aromatic N) is 1. The van der Waals surface area contributed by atoms with Crippen LogP contribution in [0.3, 0.4) is 0 Å². The lowest BCUT2D eigenvalue weighted by molar-refractivity contribution is -0.134. The fraction of sp³-hybridized carbons (Fsp3) is 0.619. The highest BCUT2D eigenvalue weighted by Crippen LogP contribution is 2.24. The van der Waals surface area contributed by atoms with E-state index in [1.165, 1.54) is 5.56 Å². The number of amides is 2. The highest BCUT2D eigenvalue weighted by Gasteiger charge is 2.31. The third kappa shape index (κ3) is 6.24. The third-order valence-corrected chi connectivity index (χ3v) is 4.70. The van der Waals surface area contributed by atoms with Crippen LogP contribution in [0.2, 0.25) is 0 Å². The van der Waals surface area contributed by atoms with Crippen molar-refractivity contribution in [1.82, 2.24) is 15.5 Å². The first-order valence-electron chi connectivity index (χ1n) is 9.77. The molecule has 2 amide bonds. The number of piperazine rings is 1. The summed E-state index contributed by atoms with van der Waals surface area (Å²) in [6, 6.07) is 3.79. The molecule has 150 valence electrons. The quantitative estimate of drug-likeness (QED) is 0.682. The van der Waals surface area contributed by atoms with E-state index < -0.39 is 0 Å². The van der Waals surface area contributed by atoms with E-state index in [0.717, 1.165) is 30.0 Å². The maximum Gasteiger partial charge on any atom is 0.237 e. The van der Waals surface area contributed by atoms with Gasteiger partial charge < -0.3 is 15.4 Å². The topological polar surface area (TPSA) is 70.7 Å². The molecule has 2 rings (SSSR count). The van der Waals surface area contributed by atoms with Crippen LogP contribution in [0.25, 0.3) is 0 Å². The summed E-state index contributed by atoms with van der Waals surface area (Å²) < 4.78 is 5.85. The number of ether oxygens (including phenoxy) is 1. The molecule has 1 saturated heterocycles. The minimum Gasteiger partial charge on any atom is -0.491 e. The molecule has 6 nitrogen and oxygen atoms in total. The van der Waals surface area contributed by atoms with Crippen molar-refractivity contribution in [2.45, 2.75) is 47.1 Å². The van der Waals surface area contributed by atoms with E-state index in [1.807, 2.05) is 13.8 Å². The van der Waals surface area contributed by atoms with E-state index in [9.17, 15) is 9.59 Å². The minimum atomic E-state index is -0.386. The summed E-state index contributed by atoms with van der Waals surface area (Å²) in [6.07, 6.45) is 0.182. The first-order valence-corrected chi connectivity index (χ1v) is 9.77. The zero-order valence-corrected chi connectivity index (χ0v) is 17.2. The Kier molecular flexibility index (Phi) is 7.66. The Morgan fingerprint density at radius 3 is 2.59 bits per heavy atom. The van der Waals surface area contributed by atoms with E-state index in [0.29, 0.717) is 25.6 Å². The number of benzene rings is 1. The van der Waals surface area contributed by atoms with Crippen LogP contribution < -0.4 is 15.4 Å². The van der Waals surface area contributed by atoms with Gasteiger partial charge in [0, 0.05) is 19.6 Å². The average molecular weight is 376 g/mol. The largest absolute Gasteiger partial charge is 0.491 e. The summed E-state index contributed by atoms with van der Waals surface area (Å²) in [5.74, 6) is 1.16. The minimum absolute atomic E-state index is 0.0563. The number of rotatable bonds is 8. The number of carbonyl (C=O) groups is 2. The molecule has 0 aliphatic carbocycles. The molecule has 1 aliphatic rings. The van der Waals surface area contributed by atoms with Crippen molar-refractivity contribution in [2.75, 3.05) is 32.8 Å². The lowest BCUT2D eigenvalue weighted by atomic mass is 10.1. The molecular weight excluding hydrogens is 342 g/mol. The smallest absolute Gasteiger partial charge is 0.237 e. The highest BCUT2D eigenvalue weighted by atomic mass is 16.5. The number of hydrogen-bond acceptors (Lipinski definition) is 4. The van der Waals surface area contributed by atoms with Crippen LogP contribution in [0.1, 0.15) is 37.0 Å². The molecule has 1 fully saturated rings. The number of carbonyl (C=O) groups excluding carboxylic acids is 2. The summed E-state index contributed by atoms with van der Waals surface area (Å²) in [6.45, 7) is 13.4. The molecule has 1 aliphatic heterocycles. The van der Waals surface area contributed by atoms with Crippen LogP contribution in [-0.4, -0.2) is 55.5 Å². The van der Waals surface area contributed by atoms with Crippen molar-refractivity contribution in [3.8, 4) is 5.75 Å². The lowest BCUT2D eigenvalue weighted by Crippen LogP contribution is -2.57. The van der Waals surface area contributed by atoms with Crippen molar-refractivity contribution < 1.29 is 14.3 Å². The van der Waals surface area contributed by atoms with Gasteiger partial charge in [0.15, 0.2) is 0 Å². The molecule has 0 aromatic heterocycles. The summed E-state index contributed by atoms with van der Waals surface area (Å²) in [4.78, 5) is 26.6. The first kappa shape index (κ1) is 21.2. The first-order chi connectivity index (χ1) is 12.8. The number of nitrogens with one attached hydrogen (secondary N) is 2. The van der Waals surface area contributed by atoms with Crippen LogP contribution in [0, 0.1) is 26.7 Å². The van der Waals surface area contributed by atoms with Crippen molar-refractivity contribution >= 4 is 11.8 Å². The van der Waals surface area contributed by atoms with Crippen molar-refractivity contribution in [3.05, 3.63) is 28.8 Å². The predicted octanol–water partition coefficient (Wildman–Crippen LogP) is 1.95. The molecule has 0 unspecified atom stereocenters. The standard InChI is InChI=1S/C21H33N3O3/c1-14(2)13-24-8-6-23-21(26)18(24)12-19(25)22-7-9-27-20-16(4)10-15(3)11-17(20)5/h10-11,14,18H,6-9,12-13H2,1-5H3,(H,22,25)(H,23,26)/t18-/m0/s1. The molecule has 0 radical (unpaired) electrons. The molecule has 6 heteroatoms. The van der Waals surface area contributed by atoms with Crippen molar-refractivity contribution in [2.24, 2.45) is 5.92 Å². The van der Waals surface area contributed by atoms with Crippen LogP contribution in [0.15, 0.2) is 12.1 Å². The maximum atomic E-state index is 12.3. The Morgan fingerprint density at radius 1 is 1.30 bits per heavy atom. The fourth-order valence-corrected chi connectivity index (χ4v) is 3.66. The van der Waals surface area contributed by atoms with Gasteiger partial charge in [-0.2, -0.15) is 0 Å². The van der Waals surface area contributed by atoms with Gasteiger partial charge in [-0.15, -0.1) is 0 Å². The molecule has 1 heterocycles. The van der Waals surface area contributed by atoms with Gasteiger partial charge in [-0.3, -0.25) is 14.5 Å². The van der Waals surface area contributed by atoms with Gasteiger partial charge in [-0.25, -0.2) is 0 Å². The van der Waals surface area contributed by atoms with E-state index >= 15 is 0 Å². The van der Waals surface area contributed by atoms with Gasteiger partial charge in [-0.05, 0) is 37.8 Å². The Balaban J connectivity index is 1.81. The summed E-state index contributed by atoms with van der Waals surface area (Å²) in [7, 11) is 0. The number of aryl methyl sites for hydroxylation is 3. The molecule has 1 aromatic rings. The van der Waals surface area contributed by atoms with Crippen molar-refractivity contribution in [3.63, 3.8) is 0 Å². The normalized spacial score (nSPS) is 17.7. The zero-order chi connectivity index (χ0) is 20.0. The molecule has 0 spiro atoms. The monoisotopic (exact) mass is 375 g/mol. The second kappa shape index (κ2) is 9.74. The molecular formula is C21H33N3O3. The predicted molar refractivity (Wildman–Crippen MR) is 107 cm³/mol. The van der Waals surface area contributed by atoms with Crippen LogP contribution in [-0.2, 0) is 9.59 Å². The van der Waals surface area contributed by atoms with E-state index in [2.05, 4.69) is 48.4 Å². The fourth-order valence-electron chi connectivity index (χ4n) is 3.66. The SMILES string of the molecule is Cc1cc(C)c(OCCNC(=O)C[C@H]2C(=O)NCCN2CC(C)C)c(C)c1. The maximum absolute atomic E-state index is 12.3. The summed E-state index contributed by atoms with van der Waals surface area (Å²) in [5.41, 5.74) is 3.41. The van der Waals surface area contributed by atoms with E-state index in [1.54, 1.807) is 0 Å². The van der Waals surface area contributed by atoms with Gasteiger partial charge in [0.25, 0.3) is 0 Å². The van der Waals surface area contributed by atoms with E-state index in [4.69, 9.17) is 4.74 Å². The molecule has 1 aromatic carbocycles. The molecule has 0 bridgehead atoms. The van der Waals surface area contributed by atoms with Gasteiger partial charge >= 0.3 is 0 Å². The van der Waals surface area contributed by atoms with Crippen LogP contribution in [0.5, 0.6) is 5.75 Å². The van der Waals surface area contributed by atoms with Crippen molar-refractivity contribution in [1.29, 1.82) is 0 Å². The third-order valence-electron chi connectivity index (χ3n) is 4.70. The Bertz CT molecular complexity index is 650. The Labute approximate surface area is 162 Å². The van der Waals surface area contributed by atoms with Crippen LogP contribution in [0.4, 0.5) is 0 Å². The Morgan fingerprint density at radius 2 is 1.96 bits per heavy atom. The lowest BCUT2D eigenvalue weighted by Gasteiger charge is -2.35. The molecule has 27 heavy (non-hydrogen) atoms. The Hall–Kier alpha value is -2.08. The molecule has 0 saturated carbocycles. The van der Waals surface area contributed by atoms with Gasteiger partial charge in [0.1, 0.15) is 12.4 Å². The molecule has 1 atom stereocenters. The zero-order valence-electron chi connectivity index (χ0n) is 17.2. The van der Waals surface area contributed by atoms with Gasteiger partial charge in [0.05, 0.1) is 19.0 Å². The second-order valence-corrected chi connectivity index (χ2v) is 7.83. The van der Waals surface area contributed by atoms with Gasteiger partial charge in [-0.1, -0.05) is 31.5 Å².